The number of aromatic amines is 1. The smallest absolute Gasteiger partial charge is 0.373 e. The van der Waals surface area contributed by atoms with Gasteiger partial charge in [0, 0.05) is 0 Å². The van der Waals surface area contributed by atoms with Gasteiger partial charge in [0.15, 0.2) is 5.78 Å². The van der Waals surface area contributed by atoms with Crippen LogP contribution in [0.3, 0.4) is 0 Å². The molecule has 2 N–H and O–H groups in total. The molecule has 8 nitrogen and oxygen atoms in total. The lowest BCUT2D eigenvalue weighted by Crippen LogP contribution is -2.25. The summed E-state index contributed by atoms with van der Waals surface area (Å²) in [7, 11) is 0. The first-order valence-electron chi connectivity index (χ1n) is 4.05. The fourth-order valence-corrected chi connectivity index (χ4v) is 1.24. The number of Topliss-reactive ketones (excluding diaryl/α,β-unsaturated/α-hetero) is 1. The SMILES string of the molecule is O=C1CC(=O)N(c2n[nH]c(C(=O)O)n2)C1. The van der Waals surface area contributed by atoms with Crippen LogP contribution in [0.5, 0.6) is 0 Å². The van der Waals surface area contributed by atoms with Crippen molar-refractivity contribution < 1.29 is 19.5 Å². The first kappa shape index (κ1) is 9.31. The van der Waals surface area contributed by atoms with E-state index in [4.69, 9.17) is 5.11 Å². The van der Waals surface area contributed by atoms with Gasteiger partial charge in [-0.25, -0.2) is 4.79 Å². The monoisotopic (exact) mass is 210 g/mol. The highest BCUT2D eigenvalue weighted by Crippen LogP contribution is 2.14. The molecule has 0 aromatic carbocycles. The molecule has 1 aliphatic rings. The van der Waals surface area contributed by atoms with E-state index in [0.717, 1.165) is 4.90 Å². The average molecular weight is 210 g/mol. The molecule has 0 radical (unpaired) electrons. The Bertz CT molecular complexity index is 452. The molecule has 1 fully saturated rings. The van der Waals surface area contributed by atoms with Crippen molar-refractivity contribution >= 4 is 23.6 Å². The van der Waals surface area contributed by atoms with Gasteiger partial charge in [0.05, 0.1) is 13.0 Å². The lowest BCUT2D eigenvalue weighted by Gasteiger charge is -2.07. The van der Waals surface area contributed by atoms with Gasteiger partial charge in [-0.2, -0.15) is 4.98 Å². The van der Waals surface area contributed by atoms with Crippen LogP contribution in [0, 0.1) is 0 Å². The highest BCUT2D eigenvalue weighted by molar-refractivity contribution is 6.14. The van der Waals surface area contributed by atoms with Crippen LogP contribution in [0.2, 0.25) is 0 Å². The lowest BCUT2D eigenvalue weighted by atomic mass is 10.3. The Morgan fingerprint density at radius 1 is 1.47 bits per heavy atom. The summed E-state index contributed by atoms with van der Waals surface area (Å²) in [6.07, 6.45) is -0.184. The van der Waals surface area contributed by atoms with Gasteiger partial charge in [-0.15, -0.1) is 5.10 Å². The van der Waals surface area contributed by atoms with Crippen LogP contribution >= 0.6 is 0 Å². The number of anilines is 1. The number of aromatic nitrogens is 3. The number of hydrogen-bond donors (Lipinski definition) is 2. The molecule has 78 valence electrons. The largest absolute Gasteiger partial charge is 0.475 e. The van der Waals surface area contributed by atoms with Gasteiger partial charge in [-0.1, -0.05) is 0 Å². The van der Waals surface area contributed by atoms with Crippen LogP contribution in [0.25, 0.3) is 0 Å². The number of nitrogens with one attached hydrogen (secondary N) is 1. The van der Waals surface area contributed by atoms with Crippen LogP contribution in [-0.4, -0.2) is 44.5 Å². The second-order valence-corrected chi connectivity index (χ2v) is 2.98. The number of carboxylic acid groups (broad SMARTS) is 1. The van der Waals surface area contributed by atoms with Gasteiger partial charge < -0.3 is 5.11 Å². The molecule has 0 unspecified atom stereocenters. The zero-order valence-electron chi connectivity index (χ0n) is 7.43. The molecule has 0 bridgehead atoms. The zero-order valence-corrected chi connectivity index (χ0v) is 7.43. The van der Waals surface area contributed by atoms with E-state index in [-0.39, 0.29) is 30.5 Å². The molecule has 0 spiro atoms. The van der Waals surface area contributed by atoms with E-state index >= 15 is 0 Å². The molecule has 1 aromatic rings. The lowest BCUT2D eigenvalue weighted by molar-refractivity contribution is -0.121. The normalized spacial score (nSPS) is 16.1. The van der Waals surface area contributed by atoms with E-state index < -0.39 is 11.9 Å². The van der Waals surface area contributed by atoms with E-state index in [2.05, 4.69) is 15.2 Å². The third-order valence-electron chi connectivity index (χ3n) is 1.90. The Balaban J connectivity index is 2.26. The van der Waals surface area contributed by atoms with E-state index in [0.29, 0.717) is 0 Å². The minimum Gasteiger partial charge on any atom is -0.475 e. The summed E-state index contributed by atoms with van der Waals surface area (Å²) in [5, 5.41) is 14.2. The number of rotatable bonds is 2. The van der Waals surface area contributed by atoms with Crippen LogP contribution in [-0.2, 0) is 9.59 Å². The summed E-state index contributed by atoms with van der Waals surface area (Å²) >= 11 is 0. The fourth-order valence-electron chi connectivity index (χ4n) is 1.24. The first-order chi connectivity index (χ1) is 7.08. The number of nitrogens with zero attached hydrogens (tertiary/aromatic N) is 3. The maximum absolute atomic E-state index is 11.2. The van der Waals surface area contributed by atoms with Crippen molar-refractivity contribution in [2.75, 3.05) is 11.4 Å². The second-order valence-electron chi connectivity index (χ2n) is 2.98. The van der Waals surface area contributed by atoms with Crippen molar-refractivity contribution in [1.82, 2.24) is 15.2 Å². The summed E-state index contributed by atoms with van der Waals surface area (Å²) in [5.74, 6) is -2.37. The third kappa shape index (κ3) is 1.56. The molecule has 1 amide bonds. The van der Waals surface area contributed by atoms with Crippen molar-refractivity contribution in [3.05, 3.63) is 5.82 Å². The molecule has 0 saturated carbocycles. The fraction of sp³-hybridized carbons (Fsp3) is 0.286. The molecular formula is C7H6N4O4. The number of ketones is 1. The first-order valence-corrected chi connectivity index (χ1v) is 4.05. The standard InChI is InChI=1S/C7H6N4O4/c12-3-1-4(13)11(2-3)7-8-5(6(14)15)9-10-7/h1-2H2,(H,14,15)(H,8,9,10). The maximum atomic E-state index is 11.2. The van der Waals surface area contributed by atoms with Crippen molar-refractivity contribution in [2.24, 2.45) is 0 Å². The Kier molecular flexibility index (Phi) is 1.96. The van der Waals surface area contributed by atoms with E-state index in [1.54, 1.807) is 0 Å². The summed E-state index contributed by atoms with van der Waals surface area (Å²) in [4.78, 5) is 37.2. The molecule has 15 heavy (non-hydrogen) atoms. The quantitative estimate of drug-likeness (QED) is 0.592. The van der Waals surface area contributed by atoms with Crippen LogP contribution in [0.4, 0.5) is 5.95 Å². The van der Waals surface area contributed by atoms with E-state index in [1.807, 2.05) is 0 Å². The summed E-state index contributed by atoms with van der Waals surface area (Å²) in [5.41, 5.74) is 0. The topological polar surface area (TPSA) is 116 Å². The molecule has 1 saturated heterocycles. The number of carbonyl (C=O) groups is 3. The molecular weight excluding hydrogens is 204 g/mol. The number of H-pyrrole nitrogens is 1. The average Bonchev–Trinajstić information content (AvgIpc) is 2.71. The Hall–Kier alpha value is -2.25. The van der Waals surface area contributed by atoms with Crippen LogP contribution < -0.4 is 4.90 Å². The van der Waals surface area contributed by atoms with Crippen LogP contribution in [0.1, 0.15) is 17.0 Å². The molecule has 1 aliphatic heterocycles. The molecule has 1 aromatic heterocycles. The van der Waals surface area contributed by atoms with E-state index in [1.165, 1.54) is 0 Å². The predicted molar refractivity (Wildman–Crippen MR) is 45.3 cm³/mol. The second kappa shape index (κ2) is 3.15. The van der Waals surface area contributed by atoms with Crippen molar-refractivity contribution in [1.29, 1.82) is 0 Å². The van der Waals surface area contributed by atoms with Crippen LogP contribution in [0.15, 0.2) is 0 Å². The minimum atomic E-state index is -1.27. The zero-order chi connectivity index (χ0) is 11.0. The molecule has 0 aliphatic carbocycles. The maximum Gasteiger partial charge on any atom is 0.373 e. The third-order valence-corrected chi connectivity index (χ3v) is 1.90. The highest BCUT2D eigenvalue weighted by Gasteiger charge is 2.31. The molecule has 8 heteroatoms. The van der Waals surface area contributed by atoms with Crippen molar-refractivity contribution in [3.8, 4) is 0 Å². The minimum absolute atomic E-state index is 0.0803. The van der Waals surface area contributed by atoms with Gasteiger partial charge in [0.2, 0.25) is 11.7 Å². The van der Waals surface area contributed by atoms with Crippen molar-refractivity contribution in [3.63, 3.8) is 0 Å². The molecule has 2 heterocycles. The Morgan fingerprint density at radius 3 is 2.67 bits per heavy atom. The van der Waals surface area contributed by atoms with Gasteiger partial charge in [0.25, 0.3) is 5.95 Å². The highest BCUT2D eigenvalue weighted by atomic mass is 16.4. The van der Waals surface area contributed by atoms with E-state index in [9.17, 15) is 14.4 Å². The summed E-state index contributed by atoms with van der Waals surface area (Å²) in [6, 6.07) is 0. The number of aromatic carboxylic acids is 1. The molecule has 0 atom stereocenters. The molecule has 2 rings (SSSR count). The summed E-state index contributed by atoms with van der Waals surface area (Å²) in [6.45, 7) is -0.101. The predicted octanol–water partition coefficient (Wildman–Crippen LogP) is -1.19. The van der Waals surface area contributed by atoms with Gasteiger partial charge >= 0.3 is 5.97 Å². The van der Waals surface area contributed by atoms with Crippen molar-refractivity contribution in [2.45, 2.75) is 6.42 Å². The number of hydrogen-bond acceptors (Lipinski definition) is 5. The Morgan fingerprint density at radius 2 is 2.20 bits per heavy atom. The van der Waals surface area contributed by atoms with Gasteiger partial charge in [-0.3, -0.25) is 19.6 Å². The van der Waals surface area contributed by atoms with Gasteiger partial charge in [-0.05, 0) is 0 Å². The number of carboxylic acids is 1. The summed E-state index contributed by atoms with van der Waals surface area (Å²) < 4.78 is 0. The number of carbonyl (C=O) groups excluding carboxylic acids is 2. The van der Waals surface area contributed by atoms with Gasteiger partial charge in [0.1, 0.15) is 0 Å². The number of amides is 1. The Labute approximate surface area is 82.9 Å².